The van der Waals surface area contributed by atoms with Crippen LogP contribution >= 0.6 is 0 Å². The summed E-state index contributed by atoms with van der Waals surface area (Å²) >= 11 is 0. The number of carbonyl (C=O) groups is 1. The number of nitrogens with zero attached hydrogens (tertiary/aromatic N) is 3. The van der Waals surface area contributed by atoms with Gasteiger partial charge < -0.3 is 5.73 Å². The standard InChI is InChI=1S/C24H22F2N4O3S/c1-23(14-34(32,33)24(2,22(27)30-23)21-5-3-4-10-28-21)17-11-15(6-8-18(17)26)12-20(31)19-9-7-16(25)13-29-19/h3-11,13H,12,14H2,1-2H3,(H2,27,30)/t23-,24+/m0/s1. The number of hydrogen-bond donors (Lipinski definition) is 1. The van der Waals surface area contributed by atoms with Gasteiger partial charge in [-0.25, -0.2) is 17.2 Å². The lowest BCUT2D eigenvalue weighted by Gasteiger charge is -2.39. The molecule has 0 bridgehead atoms. The van der Waals surface area contributed by atoms with Crippen LogP contribution in [0.2, 0.25) is 0 Å². The lowest BCUT2D eigenvalue weighted by Crippen LogP contribution is -2.55. The van der Waals surface area contributed by atoms with Crippen molar-refractivity contribution in [3.05, 3.63) is 95.1 Å². The number of ketones is 1. The molecule has 7 nitrogen and oxygen atoms in total. The summed E-state index contributed by atoms with van der Waals surface area (Å²) in [6, 6.07) is 11.2. The number of pyridine rings is 2. The van der Waals surface area contributed by atoms with Crippen molar-refractivity contribution in [3.8, 4) is 0 Å². The fourth-order valence-electron chi connectivity index (χ4n) is 4.06. The van der Waals surface area contributed by atoms with Crippen LogP contribution in [0.1, 0.15) is 41.2 Å². The number of rotatable bonds is 5. The van der Waals surface area contributed by atoms with Crippen molar-refractivity contribution in [3.63, 3.8) is 0 Å². The first-order valence-electron chi connectivity index (χ1n) is 10.4. The molecule has 3 heterocycles. The fourth-order valence-corrected chi connectivity index (χ4v) is 6.12. The van der Waals surface area contributed by atoms with Crippen LogP contribution in [-0.4, -0.2) is 35.8 Å². The molecule has 0 spiro atoms. The number of halogens is 2. The van der Waals surface area contributed by atoms with Crippen molar-refractivity contribution in [1.29, 1.82) is 0 Å². The van der Waals surface area contributed by atoms with Crippen molar-refractivity contribution in [1.82, 2.24) is 9.97 Å². The van der Waals surface area contributed by atoms with E-state index in [0.29, 0.717) is 5.56 Å². The molecule has 1 aliphatic heterocycles. The van der Waals surface area contributed by atoms with Crippen LogP contribution in [0, 0.1) is 11.6 Å². The summed E-state index contributed by atoms with van der Waals surface area (Å²) in [6.45, 7) is 2.92. The maximum atomic E-state index is 14.9. The minimum Gasteiger partial charge on any atom is -0.386 e. The molecule has 0 amide bonds. The molecule has 34 heavy (non-hydrogen) atoms. The summed E-state index contributed by atoms with van der Waals surface area (Å²) in [5.74, 6) is -2.35. The van der Waals surface area contributed by atoms with Crippen molar-refractivity contribution in [2.24, 2.45) is 10.7 Å². The van der Waals surface area contributed by atoms with E-state index in [2.05, 4.69) is 15.0 Å². The molecule has 10 heteroatoms. The molecule has 0 saturated heterocycles. The van der Waals surface area contributed by atoms with E-state index >= 15 is 0 Å². The summed E-state index contributed by atoms with van der Waals surface area (Å²) in [6.07, 6.45) is 2.26. The molecule has 4 rings (SSSR count). The van der Waals surface area contributed by atoms with Crippen LogP contribution in [0.25, 0.3) is 0 Å². The zero-order chi connectivity index (χ0) is 24.7. The summed E-state index contributed by atoms with van der Waals surface area (Å²) < 4.78 is 53.3. The molecular weight excluding hydrogens is 462 g/mol. The van der Waals surface area contributed by atoms with Gasteiger partial charge in [-0.1, -0.05) is 12.1 Å². The van der Waals surface area contributed by atoms with Crippen LogP contribution in [-0.2, 0) is 26.5 Å². The Bertz CT molecular complexity index is 1400. The highest BCUT2D eigenvalue weighted by Crippen LogP contribution is 2.42. The van der Waals surface area contributed by atoms with Crippen molar-refractivity contribution in [2.45, 2.75) is 30.6 Å². The molecular formula is C24H22F2N4O3S. The Morgan fingerprint density at radius 2 is 1.85 bits per heavy atom. The number of nitrogens with two attached hydrogens (primary N) is 1. The van der Waals surface area contributed by atoms with E-state index in [1.54, 1.807) is 18.2 Å². The van der Waals surface area contributed by atoms with Gasteiger partial charge in [-0.3, -0.25) is 19.8 Å². The van der Waals surface area contributed by atoms with E-state index in [1.807, 2.05) is 0 Å². The van der Waals surface area contributed by atoms with E-state index in [9.17, 15) is 22.0 Å². The SMILES string of the molecule is C[C@@]1(c2ccccn2)C(N)=N[C@](C)(c2cc(CC(=O)c3ccc(F)cn3)ccc2F)CS1(=O)=O. The molecule has 176 valence electrons. The van der Waals surface area contributed by atoms with Gasteiger partial charge in [-0.05, 0) is 55.8 Å². The van der Waals surface area contributed by atoms with Gasteiger partial charge in [-0.2, -0.15) is 0 Å². The van der Waals surface area contributed by atoms with E-state index in [4.69, 9.17) is 5.73 Å². The zero-order valence-corrected chi connectivity index (χ0v) is 19.3. The highest BCUT2D eigenvalue weighted by molar-refractivity contribution is 7.93. The van der Waals surface area contributed by atoms with Gasteiger partial charge >= 0.3 is 0 Å². The number of hydrogen-bond acceptors (Lipinski definition) is 7. The first kappa shape index (κ1) is 23.6. The minimum atomic E-state index is -3.98. The Morgan fingerprint density at radius 1 is 1.09 bits per heavy atom. The Morgan fingerprint density at radius 3 is 2.47 bits per heavy atom. The first-order valence-corrected chi connectivity index (χ1v) is 12.0. The van der Waals surface area contributed by atoms with Crippen LogP contribution in [0.3, 0.4) is 0 Å². The van der Waals surface area contributed by atoms with Gasteiger partial charge in [-0.15, -0.1) is 0 Å². The number of amidine groups is 1. The Labute approximate surface area is 195 Å². The Kier molecular flexibility index (Phi) is 5.80. The van der Waals surface area contributed by atoms with E-state index < -0.39 is 43.3 Å². The van der Waals surface area contributed by atoms with Crippen LogP contribution in [0.5, 0.6) is 0 Å². The molecule has 2 N–H and O–H groups in total. The quantitative estimate of drug-likeness (QED) is 0.557. The molecule has 0 fully saturated rings. The highest BCUT2D eigenvalue weighted by atomic mass is 32.2. The second kappa shape index (κ2) is 8.35. The average Bonchev–Trinajstić information content (AvgIpc) is 2.79. The maximum absolute atomic E-state index is 14.9. The fraction of sp³-hybridized carbons (Fsp3) is 0.250. The molecule has 0 unspecified atom stereocenters. The van der Waals surface area contributed by atoms with Crippen molar-refractivity contribution < 1.29 is 22.0 Å². The highest BCUT2D eigenvalue weighted by Gasteiger charge is 2.54. The maximum Gasteiger partial charge on any atom is 0.185 e. The van der Waals surface area contributed by atoms with Crippen LogP contribution < -0.4 is 5.73 Å². The number of aliphatic imine (C=N–C) groups is 1. The topological polar surface area (TPSA) is 115 Å². The second-order valence-corrected chi connectivity index (χ2v) is 10.9. The molecule has 2 aromatic heterocycles. The van der Waals surface area contributed by atoms with E-state index in [1.165, 1.54) is 38.2 Å². The van der Waals surface area contributed by atoms with Gasteiger partial charge in [0.2, 0.25) is 0 Å². The van der Waals surface area contributed by atoms with Gasteiger partial charge in [0.25, 0.3) is 0 Å². The third-order valence-electron chi connectivity index (χ3n) is 6.09. The number of Topliss-reactive ketones (excluding diaryl/α,β-unsaturated/α-hetero) is 1. The third kappa shape index (κ3) is 3.98. The molecule has 0 saturated carbocycles. The average molecular weight is 485 g/mol. The molecule has 0 radical (unpaired) electrons. The number of aromatic nitrogens is 2. The molecule has 1 aromatic carbocycles. The largest absolute Gasteiger partial charge is 0.386 e. The summed E-state index contributed by atoms with van der Waals surface area (Å²) in [5, 5.41) is 0. The van der Waals surface area contributed by atoms with Gasteiger partial charge in [0.1, 0.15) is 28.7 Å². The van der Waals surface area contributed by atoms with Gasteiger partial charge in [0.15, 0.2) is 20.4 Å². The van der Waals surface area contributed by atoms with E-state index in [0.717, 1.165) is 18.3 Å². The number of carbonyl (C=O) groups excluding carboxylic acids is 1. The Hall–Kier alpha value is -3.53. The molecule has 2 atom stereocenters. The minimum absolute atomic E-state index is 0.000499. The van der Waals surface area contributed by atoms with Crippen molar-refractivity contribution >= 4 is 21.5 Å². The summed E-state index contributed by atoms with van der Waals surface area (Å²) in [7, 11) is -3.98. The first-order chi connectivity index (χ1) is 16.0. The van der Waals surface area contributed by atoms with Crippen LogP contribution in [0.4, 0.5) is 8.78 Å². The predicted octanol–water partition coefficient (Wildman–Crippen LogP) is 3.10. The smallest absolute Gasteiger partial charge is 0.185 e. The third-order valence-corrected chi connectivity index (χ3v) is 8.70. The molecule has 0 aliphatic carbocycles. The predicted molar refractivity (Wildman–Crippen MR) is 123 cm³/mol. The second-order valence-electron chi connectivity index (χ2n) is 8.55. The number of sulfone groups is 1. The monoisotopic (exact) mass is 484 g/mol. The number of benzene rings is 1. The molecule has 3 aromatic rings. The summed E-state index contributed by atoms with van der Waals surface area (Å²) in [4.78, 5) is 24.9. The lowest BCUT2D eigenvalue weighted by molar-refractivity contribution is 0.0988. The molecule has 1 aliphatic rings. The van der Waals surface area contributed by atoms with Gasteiger partial charge in [0, 0.05) is 18.2 Å². The normalized spacial score (nSPS) is 23.8. The van der Waals surface area contributed by atoms with E-state index in [-0.39, 0.29) is 29.2 Å². The van der Waals surface area contributed by atoms with Gasteiger partial charge in [0.05, 0.1) is 17.6 Å². The lowest BCUT2D eigenvalue weighted by atomic mass is 9.90. The Balaban J connectivity index is 1.73. The summed E-state index contributed by atoms with van der Waals surface area (Å²) in [5.41, 5.74) is 5.40. The van der Waals surface area contributed by atoms with Crippen LogP contribution in [0.15, 0.2) is 65.9 Å². The van der Waals surface area contributed by atoms with Crippen molar-refractivity contribution in [2.75, 3.05) is 5.75 Å². The zero-order valence-electron chi connectivity index (χ0n) is 18.5.